The molecule has 1 aromatic carbocycles. The highest BCUT2D eigenvalue weighted by atomic mass is 16.5. The number of nitrogen functional groups attached to an aromatic ring is 1. The van der Waals surface area contributed by atoms with E-state index in [0.717, 1.165) is 58.8 Å². The summed E-state index contributed by atoms with van der Waals surface area (Å²) in [6.45, 7) is 5.85. The van der Waals surface area contributed by atoms with Crippen molar-refractivity contribution in [1.29, 1.82) is 5.26 Å². The van der Waals surface area contributed by atoms with Crippen molar-refractivity contribution in [2.45, 2.75) is 26.8 Å². The minimum Gasteiger partial charge on any atom is -0.496 e. The molecule has 6 nitrogen and oxygen atoms in total. The summed E-state index contributed by atoms with van der Waals surface area (Å²) in [4.78, 5) is 7.22. The molecule has 0 radical (unpaired) electrons. The van der Waals surface area contributed by atoms with Crippen molar-refractivity contribution in [2.24, 2.45) is 0 Å². The average molecular weight is 361 g/mol. The number of fused-ring (bicyclic) bond motifs is 2. The minimum absolute atomic E-state index is 0.426. The molecule has 0 spiro atoms. The van der Waals surface area contributed by atoms with E-state index in [9.17, 15) is 5.26 Å². The number of aryl methyl sites for hydroxylation is 1. The van der Waals surface area contributed by atoms with Gasteiger partial charge in [0.25, 0.3) is 0 Å². The first-order valence-electron chi connectivity index (χ1n) is 9.02. The van der Waals surface area contributed by atoms with E-state index in [1.807, 2.05) is 30.5 Å². The maximum absolute atomic E-state index is 9.77. The number of aromatic nitrogens is 2. The van der Waals surface area contributed by atoms with Crippen LogP contribution in [0.5, 0.6) is 5.75 Å². The molecule has 0 saturated heterocycles. The van der Waals surface area contributed by atoms with E-state index < -0.39 is 0 Å². The molecular formula is C21H23N5O. The second kappa shape index (κ2) is 6.29. The summed E-state index contributed by atoms with van der Waals surface area (Å²) >= 11 is 0. The molecule has 2 N–H and O–H groups in total. The zero-order chi connectivity index (χ0) is 19.3. The highest BCUT2D eigenvalue weighted by molar-refractivity contribution is 5.92. The summed E-state index contributed by atoms with van der Waals surface area (Å²) in [7, 11) is 3.76. The molecular weight excluding hydrogens is 338 g/mol. The van der Waals surface area contributed by atoms with Crippen molar-refractivity contribution in [3.8, 4) is 17.5 Å². The van der Waals surface area contributed by atoms with Crippen LogP contribution in [-0.2, 0) is 13.0 Å². The Morgan fingerprint density at radius 2 is 2.07 bits per heavy atom. The number of anilines is 1. The molecule has 4 rings (SSSR count). The molecule has 0 aliphatic carbocycles. The summed E-state index contributed by atoms with van der Waals surface area (Å²) in [5.74, 6) is 1.21. The van der Waals surface area contributed by atoms with Crippen molar-refractivity contribution < 1.29 is 4.74 Å². The summed E-state index contributed by atoms with van der Waals surface area (Å²) in [5, 5.41) is 10.6. The van der Waals surface area contributed by atoms with Crippen LogP contribution in [0.3, 0.4) is 0 Å². The van der Waals surface area contributed by atoms with E-state index in [-0.39, 0.29) is 0 Å². The van der Waals surface area contributed by atoms with Crippen LogP contribution in [0, 0.1) is 25.2 Å². The number of likely N-dealkylation sites (N-methyl/N-ethyl adjacent to an activating group) is 1. The third kappa shape index (κ3) is 2.54. The van der Waals surface area contributed by atoms with Gasteiger partial charge in [-0.05, 0) is 44.2 Å². The van der Waals surface area contributed by atoms with Gasteiger partial charge in [0, 0.05) is 36.2 Å². The Kier molecular flexibility index (Phi) is 4.05. The third-order valence-electron chi connectivity index (χ3n) is 5.46. The van der Waals surface area contributed by atoms with Crippen LogP contribution in [0.1, 0.15) is 27.9 Å². The molecule has 1 aliphatic heterocycles. The van der Waals surface area contributed by atoms with Crippen LogP contribution < -0.4 is 10.5 Å². The fourth-order valence-corrected chi connectivity index (χ4v) is 4.05. The van der Waals surface area contributed by atoms with Gasteiger partial charge >= 0.3 is 0 Å². The Morgan fingerprint density at radius 1 is 1.30 bits per heavy atom. The molecule has 3 aromatic rings. The molecule has 0 unspecified atom stereocenters. The quantitative estimate of drug-likeness (QED) is 0.759. The summed E-state index contributed by atoms with van der Waals surface area (Å²) < 4.78 is 7.42. The Balaban J connectivity index is 2.09. The smallest absolute Gasteiger partial charge is 0.147 e. The van der Waals surface area contributed by atoms with E-state index in [1.165, 1.54) is 5.56 Å². The first-order chi connectivity index (χ1) is 13.0. The summed E-state index contributed by atoms with van der Waals surface area (Å²) in [6, 6.07) is 8.33. The van der Waals surface area contributed by atoms with Gasteiger partial charge < -0.3 is 15.4 Å². The van der Waals surface area contributed by atoms with E-state index in [1.54, 1.807) is 7.11 Å². The fraction of sp³-hybridized carbons (Fsp3) is 0.333. The number of ether oxygens (including phenoxy) is 1. The molecule has 0 fully saturated rings. The minimum atomic E-state index is 0.426. The van der Waals surface area contributed by atoms with Crippen LogP contribution in [-0.4, -0.2) is 35.2 Å². The van der Waals surface area contributed by atoms with Crippen molar-refractivity contribution >= 4 is 16.9 Å². The lowest BCUT2D eigenvalue weighted by molar-refractivity contribution is 0.310. The Hall–Kier alpha value is -3.04. The van der Waals surface area contributed by atoms with Crippen molar-refractivity contribution in [3.63, 3.8) is 0 Å². The number of hydrogen-bond donors (Lipinski definition) is 1. The molecule has 0 atom stereocenters. The first-order valence-corrected chi connectivity index (χ1v) is 9.02. The lowest BCUT2D eigenvalue weighted by Crippen LogP contribution is -2.27. The number of benzene rings is 1. The van der Waals surface area contributed by atoms with Crippen LogP contribution in [0.4, 0.5) is 5.82 Å². The fourth-order valence-electron chi connectivity index (χ4n) is 4.05. The number of nitriles is 1. The average Bonchev–Trinajstić information content (AvgIpc) is 2.91. The predicted molar refractivity (Wildman–Crippen MR) is 106 cm³/mol. The van der Waals surface area contributed by atoms with Crippen LogP contribution >= 0.6 is 0 Å². The van der Waals surface area contributed by atoms with Crippen molar-refractivity contribution in [3.05, 3.63) is 46.1 Å². The SMILES string of the molecule is COc1ccc(C)c(-n2c(N)c(C#N)c3cc4c(nc32)CCN(C)C4)c1C. The second-order valence-corrected chi connectivity index (χ2v) is 7.22. The Labute approximate surface area is 158 Å². The van der Waals surface area contributed by atoms with Crippen molar-refractivity contribution in [2.75, 3.05) is 26.4 Å². The number of hydrogen-bond acceptors (Lipinski definition) is 5. The standard InChI is InChI=1S/C21H23N5O/c1-12-5-6-18(27-4)13(2)19(12)26-20(23)16(10-22)15-9-14-11-25(3)8-7-17(14)24-21(15)26/h5-6,9H,7-8,11,23H2,1-4H3. The number of nitrogens with zero attached hydrogens (tertiary/aromatic N) is 4. The van der Waals surface area contributed by atoms with Gasteiger partial charge in [0.15, 0.2) is 0 Å². The zero-order valence-electron chi connectivity index (χ0n) is 16.1. The normalized spacial score (nSPS) is 14.2. The molecule has 0 saturated carbocycles. The van der Waals surface area contributed by atoms with Crippen LogP contribution in [0.2, 0.25) is 0 Å². The van der Waals surface area contributed by atoms with E-state index in [4.69, 9.17) is 15.5 Å². The van der Waals surface area contributed by atoms with Crippen molar-refractivity contribution in [1.82, 2.24) is 14.5 Å². The van der Waals surface area contributed by atoms with E-state index in [2.05, 4.69) is 24.1 Å². The highest BCUT2D eigenvalue weighted by Gasteiger charge is 2.24. The van der Waals surface area contributed by atoms with Crippen LogP contribution in [0.15, 0.2) is 18.2 Å². The molecule has 1 aliphatic rings. The molecule has 0 bridgehead atoms. The number of methoxy groups -OCH3 is 1. The Morgan fingerprint density at radius 3 is 2.78 bits per heavy atom. The van der Waals surface area contributed by atoms with E-state index >= 15 is 0 Å². The van der Waals surface area contributed by atoms with Gasteiger partial charge in [-0.25, -0.2) is 4.98 Å². The highest BCUT2D eigenvalue weighted by Crippen LogP contribution is 2.36. The molecule has 27 heavy (non-hydrogen) atoms. The predicted octanol–water partition coefficient (Wildman–Crippen LogP) is 3.09. The van der Waals surface area contributed by atoms with Gasteiger partial charge in [-0.2, -0.15) is 5.26 Å². The maximum Gasteiger partial charge on any atom is 0.147 e. The van der Waals surface area contributed by atoms with E-state index in [0.29, 0.717) is 11.4 Å². The zero-order valence-corrected chi connectivity index (χ0v) is 16.1. The topological polar surface area (TPSA) is 80.1 Å². The monoisotopic (exact) mass is 361 g/mol. The van der Waals surface area contributed by atoms with Gasteiger partial charge in [-0.1, -0.05) is 6.07 Å². The molecule has 138 valence electrons. The van der Waals surface area contributed by atoms with Gasteiger partial charge in [0.1, 0.15) is 28.8 Å². The molecule has 2 aromatic heterocycles. The van der Waals surface area contributed by atoms with Gasteiger partial charge in [-0.3, -0.25) is 4.57 Å². The summed E-state index contributed by atoms with van der Waals surface area (Å²) in [6.07, 6.45) is 0.894. The molecule has 6 heteroatoms. The van der Waals surface area contributed by atoms with Gasteiger partial charge in [0.2, 0.25) is 0 Å². The Bertz CT molecular complexity index is 1110. The lowest BCUT2D eigenvalue weighted by atomic mass is 10.0. The summed E-state index contributed by atoms with van der Waals surface area (Å²) in [5.41, 5.74) is 12.9. The number of rotatable bonds is 2. The first kappa shape index (κ1) is 17.4. The van der Waals surface area contributed by atoms with Crippen LogP contribution in [0.25, 0.3) is 16.7 Å². The second-order valence-electron chi connectivity index (χ2n) is 7.22. The number of pyridine rings is 1. The largest absolute Gasteiger partial charge is 0.496 e. The maximum atomic E-state index is 9.77. The van der Waals surface area contributed by atoms with Gasteiger partial charge in [-0.15, -0.1) is 0 Å². The lowest BCUT2D eigenvalue weighted by Gasteiger charge is -2.24. The third-order valence-corrected chi connectivity index (χ3v) is 5.46. The number of nitrogens with two attached hydrogens (primary N) is 1. The molecule has 3 heterocycles. The molecule has 0 amide bonds. The van der Waals surface area contributed by atoms with Gasteiger partial charge in [0.05, 0.1) is 12.8 Å².